The Bertz CT molecular complexity index is 998. The lowest BCUT2D eigenvalue weighted by atomic mass is 9.90. The summed E-state index contributed by atoms with van der Waals surface area (Å²) in [7, 11) is 0. The van der Waals surface area contributed by atoms with Crippen molar-refractivity contribution >= 4 is 34.8 Å². The molecule has 0 atom stereocenters. The summed E-state index contributed by atoms with van der Waals surface area (Å²) in [4.78, 5) is 36.3. The van der Waals surface area contributed by atoms with E-state index in [2.05, 4.69) is 27.2 Å². The molecule has 3 rings (SSSR count). The molecule has 0 aromatic heterocycles. The molecule has 0 saturated heterocycles. The van der Waals surface area contributed by atoms with Crippen LogP contribution in [0.2, 0.25) is 0 Å². The molecule has 3 N–H and O–H groups in total. The summed E-state index contributed by atoms with van der Waals surface area (Å²) >= 11 is 0. The number of hydrogen-bond acceptors (Lipinski definition) is 4. The highest BCUT2D eigenvalue weighted by atomic mass is 16.2. The highest BCUT2D eigenvalue weighted by molar-refractivity contribution is 6.39. The summed E-state index contributed by atoms with van der Waals surface area (Å²) in [6.45, 7) is 3.51. The molecule has 7 heteroatoms. The molecule has 0 bridgehead atoms. The molecule has 0 heterocycles. The third kappa shape index (κ3) is 5.76. The van der Waals surface area contributed by atoms with Gasteiger partial charge in [-0.05, 0) is 74.4 Å². The van der Waals surface area contributed by atoms with Crippen LogP contribution in [0, 0.1) is 6.92 Å². The van der Waals surface area contributed by atoms with Crippen LogP contribution >= 0.6 is 0 Å². The monoisotopic (exact) mass is 406 g/mol. The highest BCUT2D eigenvalue weighted by Crippen LogP contribution is 2.27. The molecule has 0 radical (unpaired) electrons. The maximum absolute atomic E-state index is 12.4. The Labute approximate surface area is 175 Å². The third-order valence-electron chi connectivity index (χ3n) is 4.92. The number of hydrogen-bond donors (Lipinski definition) is 3. The molecule has 7 nitrogen and oxygen atoms in total. The average molecular weight is 406 g/mol. The second-order valence-corrected chi connectivity index (χ2v) is 7.49. The van der Waals surface area contributed by atoms with Gasteiger partial charge in [0.2, 0.25) is 5.91 Å². The van der Waals surface area contributed by atoms with E-state index in [0.717, 1.165) is 30.5 Å². The van der Waals surface area contributed by atoms with Gasteiger partial charge in [0.25, 0.3) is 0 Å². The maximum atomic E-state index is 12.4. The zero-order chi connectivity index (χ0) is 21.5. The van der Waals surface area contributed by atoms with Crippen molar-refractivity contribution < 1.29 is 14.4 Å². The molecular formula is C23H26N4O3. The number of aryl methyl sites for hydroxylation is 2. The van der Waals surface area contributed by atoms with E-state index in [1.807, 2.05) is 25.1 Å². The van der Waals surface area contributed by atoms with Gasteiger partial charge < -0.3 is 10.6 Å². The Kier molecular flexibility index (Phi) is 6.95. The van der Waals surface area contributed by atoms with Crippen molar-refractivity contribution in [3.8, 4) is 0 Å². The van der Waals surface area contributed by atoms with Gasteiger partial charge in [-0.2, -0.15) is 5.10 Å². The summed E-state index contributed by atoms with van der Waals surface area (Å²) in [5, 5.41) is 9.32. The smallest absolute Gasteiger partial charge is 0.325 e. The quantitative estimate of drug-likeness (QED) is 0.403. The van der Waals surface area contributed by atoms with Gasteiger partial charge in [-0.3, -0.25) is 14.4 Å². The Hall–Kier alpha value is -3.48. The Morgan fingerprint density at radius 2 is 1.73 bits per heavy atom. The van der Waals surface area contributed by atoms with Gasteiger partial charge in [-0.1, -0.05) is 24.3 Å². The normalized spacial score (nSPS) is 13.2. The fourth-order valence-corrected chi connectivity index (χ4v) is 3.47. The zero-order valence-electron chi connectivity index (χ0n) is 17.2. The van der Waals surface area contributed by atoms with Crippen LogP contribution in [0.15, 0.2) is 47.6 Å². The van der Waals surface area contributed by atoms with Crippen LogP contribution in [0.1, 0.15) is 42.9 Å². The molecule has 1 aliphatic carbocycles. The fourth-order valence-electron chi connectivity index (χ4n) is 3.47. The fraction of sp³-hybridized carbons (Fsp3) is 0.304. The second kappa shape index (κ2) is 9.82. The molecule has 0 spiro atoms. The lowest BCUT2D eigenvalue weighted by molar-refractivity contribution is -0.136. The summed E-state index contributed by atoms with van der Waals surface area (Å²) in [6, 6.07) is 13.1. The molecule has 0 fully saturated rings. The molecule has 1 aliphatic rings. The van der Waals surface area contributed by atoms with Crippen LogP contribution in [-0.2, 0) is 27.2 Å². The predicted molar refractivity (Wildman–Crippen MR) is 117 cm³/mol. The van der Waals surface area contributed by atoms with Crippen LogP contribution in [-0.4, -0.2) is 23.4 Å². The van der Waals surface area contributed by atoms with Crippen molar-refractivity contribution in [3.05, 3.63) is 59.2 Å². The van der Waals surface area contributed by atoms with Gasteiger partial charge >= 0.3 is 11.8 Å². The zero-order valence-corrected chi connectivity index (χ0v) is 17.2. The summed E-state index contributed by atoms with van der Waals surface area (Å²) in [5.74, 6) is -1.93. The lowest BCUT2D eigenvalue weighted by Crippen LogP contribution is -2.33. The van der Waals surface area contributed by atoms with E-state index in [-0.39, 0.29) is 12.3 Å². The van der Waals surface area contributed by atoms with Crippen molar-refractivity contribution in [1.82, 2.24) is 5.43 Å². The van der Waals surface area contributed by atoms with Crippen LogP contribution in [0.5, 0.6) is 0 Å². The topological polar surface area (TPSA) is 99.7 Å². The largest absolute Gasteiger partial charge is 0.329 e. The number of amides is 3. The minimum absolute atomic E-state index is 0.0173. The van der Waals surface area contributed by atoms with Gasteiger partial charge in [-0.15, -0.1) is 0 Å². The van der Waals surface area contributed by atoms with E-state index < -0.39 is 11.8 Å². The summed E-state index contributed by atoms with van der Waals surface area (Å²) in [5.41, 5.74) is 7.41. The van der Waals surface area contributed by atoms with Crippen LogP contribution in [0.4, 0.5) is 11.4 Å². The standard InChI is InChI=1S/C23H26N4O3/c1-15-7-5-10-18(13-15)24-22(29)23(30)27-26-16(2)14-21(28)25-20-12-6-9-17-8-3-4-11-19(17)20/h5-7,9-10,12-13H,3-4,8,11,14H2,1-2H3,(H,24,29)(H,25,28)(H,27,30). The molecule has 2 aromatic rings. The maximum Gasteiger partial charge on any atom is 0.329 e. The number of fused-ring (bicyclic) bond motifs is 1. The van der Waals surface area contributed by atoms with Crippen molar-refractivity contribution in [1.29, 1.82) is 0 Å². The third-order valence-corrected chi connectivity index (χ3v) is 4.92. The molecule has 0 unspecified atom stereocenters. The van der Waals surface area contributed by atoms with E-state index in [9.17, 15) is 14.4 Å². The van der Waals surface area contributed by atoms with Crippen molar-refractivity contribution in [2.45, 2.75) is 46.0 Å². The highest BCUT2D eigenvalue weighted by Gasteiger charge is 2.16. The number of carbonyl (C=O) groups is 3. The number of nitrogens with zero attached hydrogens (tertiary/aromatic N) is 1. The van der Waals surface area contributed by atoms with E-state index in [0.29, 0.717) is 11.4 Å². The summed E-state index contributed by atoms with van der Waals surface area (Å²) < 4.78 is 0. The molecule has 2 aromatic carbocycles. The second-order valence-electron chi connectivity index (χ2n) is 7.49. The number of carbonyl (C=O) groups excluding carboxylic acids is 3. The van der Waals surface area contributed by atoms with Crippen molar-refractivity contribution in [2.75, 3.05) is 10.6 Å². The molecule has 3 amide bonds. The number of rotatable bonds is 5. The van der Waals surface area contributed by atoms with Gasteiger partial charge in [0.1, 0.15) is 0 Å². The lowest BCUT2D eigenvalue weighted by Gasteiger charge is -2.19. The molecule has 156 valence electrons. The summed E-state index contributed by atoms with van der Waals surface area (Å²) in [6.07, 6.45) is 4.31. The van der Waals surface area contributed by atoms with Crippen LogP contribution in [0.25, 0.3) is 0 Å². The SMILES string of the molecule is CC(CC(=O)Nc1cccc2c1CCCC2)=NNC(=O)C(=O)Nc1cccc(C)c1. The van der Waals surface area contributed by atoms with Crippen LogP contribution in [0.3, 0.4) is 0 Å². The number of nitrogens with one attached hydrogen (secondary N) is 3. The Morgan fingerprint density at radius 1 is 0.967 bits per heavy atom. The van der Waals surface area contributed by atoms with Gasteiger partial charge in [0, 0.05) is 17.1 Å². The number of hydrazone groups is 1. The van der Waals surface area contributed by atoms with Gasteiger partial charge in [0.05, 0.1) is 6.42 Å². The minimum atomic E-state index is -0.895. The molecule has 0 saturated carbocycles. The first-order valence-corrected chi connectivity index (χ1v) is 10.0. The first-order chi connectivity index (χ1) is 14.4. The first kappa shape index (κ1) is 21.2. The Morgan fingerprint density at radius 3 is 2.53 bits per heavy atom. The van der Waals surface area contributed by atoms with Gasteiger partial charge in [-0.25, -0.2) is 5.43 Å². The van der Waals surface area contributed by atoms with E-state index in [1.165, 1.54) is 17.5 Å². The van der Waals surface area contributed by atoms with E-state index in [1.54, 1.807) is 25.1 Å². The van der Waals surface area contributed by atoms with E-state index >= 15 is 0 Å². The van der Waals surface area contributed by atoms with Crippen molar-refractivity contribution in [2.24, 2.45) is 5.10 Å². The Balaban J connectivity index is 1.51. The predicted octanol–water partition coefficient (Wildman–Crippen LogP) is 3.33. The molecule has 30 heavy (non-hydrogen) atoms. The molecular weight excluding hydrogens is 380 g/mol. The van der Waals surface area contributed by atoms with Crippen molar-refractivity contribution in [3.63, 3.8) is 0 Å². The average Bonchev–Trinajstić information content (AvgIpc) is 2.72. The molecule has 0 aliphatic heterocycles. The van der Waals surface area contributed by atoms with E-state index in [4.69, 9.17) is 0 Å². The van der Waals surface area contributed by atoms with Gasteiger partial charge in [0.15, 0.2) is 0 Å². The van der Waals surface area contributed by atoms with Crippen LogP contribution < -0.4 is 16.1 Å². The first-order valence-electron chi connectivity index (χ1n) is 10.0. The number of anilines is 2. The number of benzene rings is 2. The minimum Gasteiger partial charge on any atom is -0.325 e.